The zero-order valence-electron chi connectivity index (χ0n) is 50.6. The molecule has 5 unspecified atom stereocenters. The van der Waals surface area contributed by atoms with Crippen LogP contribution in [0.2, 0.25) is 0 Å². The third-order valence-corrected chi connectivity index (χ3v) is 13.8. The summed E-state index contributed by atoms with van der Waals surface area (Å²) in [6.45, 7) is 6.00. The number of hydrogen-bond acceptors (Lipinski definition) is 15. The fraction of sp³-hybridized carbons (Fsp3) is 0.229. The Morgan fingerprint density at radius 1 is 0.544 bits per heavy atom. The second-order valence-corrected chi connectivity index (χ2v) is 20.0. The zero-order chi connectivity index (χ0) is 62.1. The number of nitrogens with one attached hydrogen (secondary N) is 4. The molecule has 11 rings (SSSR count). The third kappa shape index (κ3) is 22.8. The molecule has 462 valence electrons. The number of hydrogen-bond donors (Lipinski definition) is 5. The van der Waals surface area contributed by atoms with Crippen molar-refractivity contribution >= 4 is 40.9 Å². The number of likely N-dealkylation sites (tertiary alicyclic amines) is 1. The van der Waals surface area contributed by atoms with Gasteiger partial charge in [0.1, 0.15) is 17.7 Å². The maximum absolute atomic E-state index is 14.4. The molecule has 2 fully saturated rings. The first kappa shape index (κ1) is 71.1. The summed E-state index contributed by atoms with van der Waals surface area (Å²) in [5.74, 6) is -1.85. The molecule has 2 saturated heterocycles. The van der Waals surface area contributed by atoms with E-state index in [1.807, 2.05) is 133 Å². The summed E-state index contributed by atoms with van der Waals surface area (Å²) in [6, 6.07) is 54.7. The Bertz CT molecular complexity index is 3490. The number of carbonyl (C=O) groups excluding carboxylic acids is 3. The Kier molecular flexibility index (Phi) is 31.0. The molecule has 5 aromatic carbocycles. The third-order valence-electron chi connectivity index (χ3n) is 13.8. The van der Waals surface area contributed by atoms with Gasteiger partial charge in [0.15, 0.2) is 12.1 Å². The van der Waals surface area contributed by atoms with Gasteiger partial charge in [0, 0.05) is 107 Å². The summed E-state index contributed by atoms with van der Waals surface area (Å²) in [7, 11) is 0. The van der Waals surface area contributed by atoms with Crippen LogP contribution in [-0.2, 0) is 35.1 Å². The van der Waals surface area contributed by atoms with Gasteiger partial charge in [-0.2, -0.15) is 0 Å². The molecule has 9 aromatic rings. The number of halogens is 2. The fourth-order valence-corrected chi connectivity index (χ4v) is 9.68. The molecule has 5 atom stereocenters. The summed E-state index contributed by atoms with van der Waals surface area (Å²) >= 11 is 0. The van der Waals surface area contributed by atoms with E-state index >= 15 is 0 Å². The van der Waals surface area contributed by atoms with Gasteiger partial charge in [-0.25, -0.2) is 18.4 Å². The first-order chi connectivity index (χ1) is 43.0. The van der Waals surface area contributed by atoms with Crippen LogP contribution in [0.4, 0.5) is 25.8 Å². The summed E-state index contributed by atoms with van der Waals surface area (Å²) in [4.78, 5) is 65.6. The van der Waals surface area contributed by atoms with Gasteiger partial charge in [0.25, 0.3) is 0 Å². The average molecular weight is 1210 g/mol. The Labute approximate surface area is 536 Å². The topological polar surface area (TPSA) is 240 Å². The van der Waals surface area contributed by atoms with Crippen molar-refractivity contribution in [2.45, 2.75) is 76.2 Å². The van der Waals surface area contributed by atoms with Crippen molar-refractivity contribution in [1.82, 2.24) is 30.2 Å². The number of para-hydroxylation sites is 3. The molecule has 1 amide bonds. The van der Waals surface area contributed by atoms with Crippen LogP contribution in [0.3, 0.4) is 0 Å². The van der Waals surface area contributed by atoms with E-state index in [4.69, 9.17) is 9.47 Å². The molecule has 17 nitrogen and oxygen atoms in total. The molecule has 90 heavy (non-hydrogen) atoms. The Balaban J connectivity index is 0.000000211. The van der Waals surface area contributed by atoms with Crippen molar-refractivity contribution in [2.75, 3.05) is 42.3 Å². The van der Waals surface area contributed by atoms with E-state index in [9.17, 15) is 33.1 Å². The maximum Gasteiger partial charge on any atom is 1.00 e. The van der Waals surface area contributed by atoms with E-state index in [1.54, 1.807) is 111 Å². The predicted molar refractivity (Wildman–Crippen MR) is 338 cm³/mol. The number of ether oxygens (including phenoxy) is 2. The van der Waals surface area contributed by atoms with Gasteiger partial charge >= 0.3 is 36.8 Å². The molecule has 4 aromatic heterocycles. The number of amides is 1. The standard InChI is InChI=1S/C23H22FN3O.C15H16N2O2.C13H12N2O2.C10H12FN.C9H11NO2.Li.H2O/c24-20-12-5-4-11-19(20)21-13-7-15-27(21)23(28)22(17-8-6-14-25-16-17)26-18-9-2-1-3-10-18;1-2-19-15(18)14(12-7-6-10-16-11-12)17-13-8-4-3-5-9-13;16-13(17)12(10-5-4-8-14-9-10)15-11-6-2-1-3-7-11;11-9-5-2-1-4-8(9)10-6-3-7-12-10;1-2-12-9(11)6-8-4-3-5-10-7-8;;/h1-6,8-12,14,16,21-22,26H,7,13,15H2;3-11,14,17H,2H2,1H3;1-9,12,15H,(H,16,17);1-2,4-5,10,12H,3,6-7H2;3-5,7H,2,6H2,1H3;;1H2/q;;;;;+1;/p-1. The van der Waals surface area contributed by atoms with Gasteiger partial charge in [0.05, 0.1) is 25.7 Å². The Morgan fingerprint density at radius 2 is 0.989 bits per heavy atom. The molecule has 0 spiro atoms. The molecule has 6 heterocycles. The Hall–Kier alpha value is -9.64. The normalized spacial score (nSPS) is 14.4. The number of carbonyl (C=O) groups is 4. The van der Waals surface area contributed by atoms with Crippen LogP contribution in [-0.4, -0.2) is 85.5 Å². The van der Waals surface area contributed by atoms with E-state index in [0.29, 0.717) is 37.3 Å². The van der Waals surface area contributed by atoms with Crippen molar-refractivity contribution in [3.05, 3.63) is 283 Å². The van der Waals surface area contributed by atoms with E-state index in [0.717, 1.165) is 71.5 Å². The molecular weight excluding hydrogens is 1140 g/mol. The fourth-order valence-electron chi connectivity index (χ4n) is 9.68. The van der Waals surface area contributed by atoms with Gasteiger partial charge in [0.2, 0.25) is 5.91 Å². The van der Waals surface area contributed by atoms with Crippen LogP contribution in [0.5, 0.6) is 0 Å². The number of carboxylic acid groups (broad SMARTS) is 1. The van der Waals surface area contributed by atoms with Gasteiger partial charge in [-0.3, -0.25) is 29.5 Å². The van der Waals surface area contributed by atoms with Gasteiger partial charge in [-0.1, -0.05) is 115 Å². The van der Waals surface area contributed by atoms with Crippen molar-refractivity contribution in [3.8, 4) is 0 Å². The van der Waals surface area contributed by atoms with E-state index < -0.39 is 24.1 Å². The van der Waals surface area contributed by atoms with Crippen LogP contribution < -0.4 is 40.1 Å². The predicted octanol–water partition coefficient (Wildman–Crippen LogP) is 10.1. The Morgan fingerprint density at radius 3 is 1.43 bits per heavy atom. The van der Waals surface area contributed by atoms with Crippen LogP contribution in [0.25, 0.3) is 0 Å². The summed E-state index contributed by atoms with van der Waals surface area (Å²) in [5.41, 5.74) is 6.97. The minimum Gasteiger partial charge on any atom is -0.870 e. The van der Waals surface area contributed by atoms with Crippen molar-refractivity contribution in [1.29, 1.82) is 0 Å². The van der Waals surface area contributed by atoms with Crippen molar-refractivity contribution in [2.24, 2.45) is 0 Å². The first-order valence-corrected chi connectivity index (χ1v) is 29.1. The molecule has 20 heteroatoms. The molecule has 6 N–H and O–H groups in total. The monoisotopic (exact) mass is 1210 g/mol. The second-order valence-electron chi connectivity index (χ2n) is 20.0. The molecular formula is C70H74F2LiN9O8. The molecule has 0 saturated carbocycles. The number of esters is 2. The largest absolute Gasteiger partial charge is 1.00 e. The van der Waals surface area contributed by atoms with E-state index in [2.05, 4.69) is 41.2 Å². The zero-order valence-corrected chi connectivity index (χ0v) is 50.6. The molecule has 0 bridgehead atoms. The number of benzene rings is 5. The van der Waals surface area contributed by atoms with E-state index in [-0.39, 0.29) is 65.9 Å². The van der Waals surface area contributed by atoms with Crippen LogP contribution in [0, 0.1) is 11.6 Å². The minimum atomic E-state index is -0.929. The number of anilines is 3. The van der Waals surface area contributed by atoms with Gasteiger partial charge in [-0.05, 0) is 124 Å². The second kappa shape index (κ2) is 39.3. The SMILES string of the molecule is CCOC(=O)C(Nc1ccccc1)c1cccnc1.CCOC(=O)Cc1cccnc1.Fc1ccccc1C1CCCN1.O=C(C(Nc1ccccc1)c1cccnc1)N1CCCC1c1ccccc1F.O=C(O)C(Nc1ccccc1)c1cccnc1.[Li+].[OH-]. The van der Waals surface area contributed by atoms with Crippen molar-refractivity contribution < 1.29 is 66.9 Å². The van der Waals surface area contributed by atoms with Crippen LogP contribution >= 0.6 is 0 Å². The van der Waals surface area contributed by atoms with Crippen LogP contribution in [0.15, 0.2) is 238 Å². The average Bonchev–Trinajstić information content (AvgIpc) is 2.19. The number of rotatable bonds is 18. The molecule has 2 aliphatic rings. The number of nitrogens with zero attached hydrogens (tertiary/aromatic N) is 5. The first-order valence-electron chi connectivity index (χ1n) is 29.1. The number of pyridine rings is 4. The molecule has 0 radical (unpaired) electrons. The molecule has 2 aliphatic heterocycles. The van der Waals surface area contributed by atoms with Gasteiger partial charge < -0.3 is 46.2 Å². The van der Waals surface area contributed by atoms with Crippen LogP contribution in [0.1, 0.15) is 103 Å². The number of carboxylic acids is 1. The smallest absolute Gasteiger partial charge is 0.870 e. The summed E-state index contributed by atoms with van der Waals surface area (Å²) in [5, 5.41) is 21.9. The minimum absolute atomic E-state index is 0. The van der Waals surface area contributed by atoms with Gasteiger partial charge in [-0.15, -0.1) is 0 Å². The number of aromatic nitrogens is 4. The van der Waals surface area contributed by atoms with Crippen molar-refractivity contribution in [3.63, 3.8) is 0 Å². The molecule has 0 aliphatic carbocycles. The summed E-state index contributed by atoms with van der Waals surface area (Å²) < 4.78 is 37.5. The van der Waals surface area contributed by atoms with E-state index in [1.165, 1.54) is 12.1 Å². The summed E-state index contributed by atoms with van der Waals surface area (Å²) in [6.07, 6.45) is 17.4. The quantitative estimate of drug-likeness (QED) is 0.0397. The maximum atomic E-state index is 14.4. The number of aliphatic carboxylic acids is 1.